The van der Waals surface area contributed by atoms with Gasteiger partial charge in [0.2, 0.25) is 0 Å². The van der Waals surface area contributed by atoms with Crippen LogP contribution in [0.3, 0.4) is 0 Å². The average Bonchev–Trinajstić information content (AvgIpc) is 3.40. The van der Waals surface area contributed by atoms with E-state index in [0.717, 1.165) is 6.54 Å². The maximum Gasteiger partial charge on any atom is 0.410 e. The Bertz CT molecular complexity index is 654. The number of aliphatic imine (C=N–C) groups is 1. The lowest BCUT2D eigenvalue weighted by molar-refractivity contribution is 0.0186. The molecule has 0 bridgehead atoms. The molecule has 0 spiro atoms. The predicted molar refractivity (Wildman–Crippen MR) is 103 cm³/mol. The zero-order chi connectivity index (χ0) is 18.8. The van der Waals surface area contributed by atoms with Gasteiger partial charge in [-0.25, -0.2) is 4.79 Å². The van der Waals surface area contributed by atoms with Crippen LogP contribution in [-0.4, -0.2) is 60.2 Å². The van der Waals surface area contributed by atoms with Crippen LogP contribution in [0.2, 0.25) is 0 Å². The number of nitrogens with zero attached hydrogens (tertiary/aromatic N) is 3. The summed E-state index contributed by atoms with van der Waals surface area (Å²) >= 11 is 0. The van der Waals surface area contributed by atoms with Crippen molar-refractivity contribution in [2.24, 2.45) is 10.7 Å². The number of rotatable bonds is 3. The fraction of sp³-hybridized carbons (Fsp3) is 0.600. The van der Waals surface area contributed by atoms with Gasteiger partial charge in [0.05, 0.1) is 6.54 Å². The molecule has 2 aliphatic rings. The Labute approximate surface area is 156 Å². The molecule has 1 saturated heterocycles. The molecule has 2 fully saturated rings. The van der Waals surface area contributed by atoms with Crippen LogP contribution in [0.25, 0.3) is 0 Å². The van der Waals surface area contributed by atoms with Crippen molar-refractivity contribution in [2.75, 3.05) is 32.7 Å². The van der Waals surface area contributed by atoms with E-state index in [1.54, 1.807) is 4.90 Å². The molecular formula is C20H30N4O2. The molecule has 0 radical (unpaired) electrons. The van der Waals surface area contributed by atoms with Crippen LogP contribution in [-0.2, 0) is 10.2 Å². The molecular weight excluding hydrogens is 328 g/mol. The molecule has 142 valence electrons. The molecule has 1 aliphatic carbocycles. The molecule has 0 aromatic heterocycles. The third kappa shape index (κ3) is 4.48. The molecule has 1 aromatic carbocycles. The number of piperazine rings is 1. The van der Waals surface area contributed by atoms with E-state index in [2.05, 4.69) is 34.2 Å². The fourth-order valence-electron chi connectivity index (χ4n) is 3.26. The van der Waals surface area contributed by atoms with E-state index in [9.17, 15) is 4.79 Å². The molecule has 1 heterocycles. The summed E-state index contributed by atoms with van der Waals surface area (Å²) in [6.45, 7) is 8.96. The summed E-state index contributed by atoms with van der Waals surface area (Å²) < 4.78 is 5.43. The zero-order valence-corrected chi connectivity index (χ0v) is 16.1. The van der Waals surface area contributed by atoms with E-state index >= 15 is 0 Å². The first kappa shape index (κ1) is 18.5. The van der Waals surface area contributed by atoms with Crippen LogP contribution in [0.4, 0.5) is 4.79 Å². The maximum atomic E-state index is 12.1. The Morgan fingerprint density at radius 3 is 2.23 bits per heavy atom. The molecule has 6 heteroatoms. The second kappa shape index (κ2) is 7.17. The van der Waals surface area contributed by atoms with Gasteiger partial charge in [-0.3, -0.25) is 4.99 Å². The lowest BCUT2D eigenvalue weighted by Gasteiger charge is -2.36. The highest BCUT2D eigenvalue weighted by Crippen LogP contribution is 2.48. The highest BCUT2D eigenvalue weighted by molar-refractivity contribution is 5.78. The van der Waals surface area contributed by atoms with Gasteiger partial charge in [0.15, 0.2) is 5.96 Å². The minimum atomic E-state index is -0.468. The predicted octanol–water partition coefficient (Wildman–Crippen LogP) is 2.59. The van der Waals surface area contributed by atoms with Crippen molar-refractivity contribution in [2.45, 2.75) is 44.6 Å². The minimum Gasteiger partial charge on any atom is -0.444 e. The molecule has 1 amide bonds. The quantitative estimate of drug-likeness (QED) is 0.666. The molecule has 1 saturated carbocycles. The van der Waals surface area contributed by atoms with E-state index < -0.39 is 5.60 Å². The standard InChI is InChI=1S/C20H30N4O2/c1-19(2,3)26-18(25)24-13-11-23(12-14-24)17(21)22-15-20(9-10-20)16-7-5-4-6-8-16/h4-8H,9-15H2,1-3H3,(H2,21,22). The summed E-state index contributed by atoms with van der Waals surface area (Å²) in [6, 6.07) is 10.6. The van der Waals surface area contributed by atoms with Gasteiger partial charge in [0.25, 0.3) is 0 Å². The van der Waals surface area contributed by atoms with Crippen molar-refractivity contribution in [3.05, 3.63) is 35.9 Å². The van der Waals surface area contributed by atoms with E-state index in [4.69, 9.17) is 10.5 Å². The summed E-state index contributed by atoms with van der Waals surface area (Å²) in [5.41, 5.74) is 7.28. The van der Waals surface area contributed by atoms with Crippen LogP contribution in [0.5, 0.6) is 0 Å². The first-order valence-electron chi connectivity index (χ1n) is 9.37. The summed E-state index contributed by atoms with van der Waals surface area (Å²) in [5.74, 6) is 0.580. The van der Waals surface area contributed by atoms with Gasteiger partial charge in [-0.05, 0) is 39.2 Å². The van der Waals surface area contributed by atoms with Crippen molar-refractivity contribution in [3.63, 3.8) is 0 Å². The van der Waals surface area contributed by atoms with Crippen molar-refractivity contribution in [1.82, 2.24) is 9.80 Å². The minimum absolute atomic E-state index is 0.171. The van der Waals surface area contributed by atoms with Crippen molar-refractivity contribution >= 4 is 12.1 Å². The van der Waals surface area contributed by atoms with E-state index in [-0.39, 0.29) is 11.5 Å². The second-order valence-corrected chi connectivity index (χ2v) is 8.28. The molecule has 0 unspecified atom stereocenters. The monoisotopic (exact) mass is 358 g/mol. The zero-order valence-electron chi connectivity index (χ0n) is 16.1. The normalized spacial score (nSPS) is 20.0. The maximum absolute atomic E-state index is 12.1. The lowest BCUT2D eigenvalue weighted by Crippen LogP contribution is -2.53. The van der Waals surface area contributed by atoms with Crippen molar-refractivity contribution in [3.8, 4) is 0 Å². The van der Waals surface area contributed by atoms with E-state index in [1.165, 1.54) is 18.4 Å². The first-order chi connectivity index (χ1) is 12.3. The smallest absolute Gasteiger partial charge is 0.410 e. The van der Waals surface area contributed by atoms with Crippen molar-refractivity contribution < 1.29 is 9.53 Å². The molecule has 0 atom stereocenters. The van der Waals surface area contributed by atoms with E-state index in [0.29, 0.717) is 32.1 Å². The Morgan fingerprint density at radius 2 is 1.69 bits per heavy atom. The fourth-order valence-corrected chi connectivity index (χ4v) is 3.26. The molecule has 6 nitrogen and oxygen atoms in total. The van der Waals surface area contributed by atoms with Crippen LogP contribution >= 0.6 is 0 Å². The van der Waals surface area contributed by atoms with Crippen LogP contribution in [0.15, 0.2) is 35.3 Å². The largest absolute Gasteiger partial charge is 0.444 e. The summed E-state index contributed by atoms with van der Waals surface area (Å²) in [5, 5.41) is 0. The van der Waals surface area contributed by atoms with Gasteiger partial charge in [0, 0.05) is 31.6 Å². The second-order valence-electron chi connectivity index (χ2n) is 8.28. The number of benzene rings is 1. The third-order valence-electron chi connectivity index (χ3n) is 5.04. The van der Waals surface area contributed by atoms with Crippen molar-refractivity contribution in [1.29, 1.82) is 0 Å². The number of guanidine groups is 1. The summed E-state index contributed by atoms with van der Waals surface area (Å²) in [7, 11) is 0. The average molecular weight is 358 g/mol. The topological polar surface area (TPSA) is 71.2 Å². The number of nitrogens with two attached hydrogens (primary N) is 1. The van der Waals surface area contributed by atoms with Gasteiger partial charge in [-0.2, -0.15) is 0 Å². The Hall–Kier alpha value is -2.24. The van der Waals surface area contributed by atoms with Gasteiger partial charge in [0.1, 0.15) is 5.60 Å². The number of amides is 1. The number of hydrogen-bond donors (Lipinski definition) is 1. The molecule has 3 rings (SSSR count). The molecule has 1 aliphatic heterocycles. The van der Waals surface area contributed by atoms with Gasteiger partial charge >= 0.3 is 6.09 Å². The van der Waals surface area contributed by atoms with Gasteiger partial charge in [-0.1, -0.05) is 30.3 Å². The number of carbonyl (C=O) groups excluding carboxylic acids is 1. The highest BCUT2D eigenvalue weighted by atomic mass is 16.6. The first-order valence-corrected chi connectivity index (χ1v) is 9.37. The van der Waals surface area contributed by atoms with Gasteiger partial charge in [-0.15, -0.1) is 0 Å². The number of ether oxygens (including phenoxy) is 1. The SMILES string of the molecule is CC(C)(C)OC(=O)N1CCN(C(N)=NCC2(c3ccccc3)CC2)CC1. The highest BCUT2D eigenvalue weighted by Gasteiger charge is 2.44. The van der Waals surface area contributed by atoms with Crippen LogP contribution in [0.1, 0.15) is 39.2 Å². The third-order valence-corrected chi connectivity index (χ3v) is 5.04. The Balaban J connectivity index is 1.52. The molecule has 26 heavy (non-hydrogen) atoms. The lowest BCUT2D eigenvalue weighted by atomic mass is 9.96. The molecule has 1 aromatic rings. The Kier molecular flexibility index (Phi) is 5.12. The summed E-state index contributed by atoms with van der Waals surface area (Å²) in [6.07, 6.45) is 2.08. The number of hydrogen-bond acceptors (Lipinski definition) is 3. The Morgan fingerprint density at radius 1 is 1.12 bits per heavy atom. The van der Waals surface area contributed by atoms with E-state index in [1.807, 2.05) is 26.8 Å². The summed E-state index contributed by atoms with van der Waals surface area (Å²) in [4.78, 5) is 20.6. The van der Waals surface area contributed by atoms with Crippen LogP contribution < -0.4 is 5.73 Å². The van der Waals surface area contributed by atoms with Crippen LogP contribution in [0, 0.1) is 0 Å². The van der Waals surface area contributed by atoms with Gasteiger partial charge < -0.3 is 20.3 Å². The number of carbonyl (C=O) groups is 1. The molecule has 2 N–H and O–H groups in total.